The highest BCUT2D eigenvalue weighted by molar-refractivity contribution is 9.09. The third-order valence-electron chi connectivity index (χ3n) is 1.37. The summed E-state index contributed by atoms with van der Waals surface area (Å²) in [6, 6.07) is 7.87. The molecule has 0 saturated carbocycles. The molecule has 0 aliphatic carbocycles. The molecule has 1 aromatic carbocycles. The number of anilines is 1. The first-order valence-electron chi connectivity index (χ1n) is 3.19. The minimum absolute atomic E-state index is 0.385. The molecule has 0 aliphatic heterocycles. The maximum atomic E-state index is 5.58. The molecule has 0 bridgehead atoms. The number of nitrogens with two attached hydrogens (primary N) is 1. The van der Waals surface area contributed by atoms with E-state index < -0.39 is 0 Å². The smallest absolute Gasteiger partial charge is 0.0367 e. The summed E-state index contributed by atoms with van der Waals surface area (Å²) in [5.41, 5.74) is 7.62. The Morgan fingerprint density at radius 1 is 1.50 bits per heavy atom. The number of nitrogen functional groups attached to an aromatic ring is 1. The maximum absolute atomic E-state index is 5.58. The van der Waals surface area contributed by atoms with Crippen molar-refractivity contribution in [2.45, 2.75) is 11.8 Å². The van der Waals surface area contributed by atoms with E-state index in [1.54, 1.807) is 0 Å². The van der Waals surface area contributed by atoms with Gasteiger partial charge < -0.3 is 5.73 Å². The van der Waals surface area contributed by atoms with E-state index in [4.69, 9.17) is 5.73 Å². The first-order chi connectivity index (χ1) is 4.70. The van der Waals surface area contributed by atoms with Crippen molar-refractivity contribution in [1.82, 2.24) is 0 Å². The number of alkyl halides is 1. The zero-order valence-corrected chi connectivity index (χ0v) is 7.43. The van der Waals surface area contributed by atoms with Gasteiger partial charge in [0.25, 0.3) is 0 Å². The van der Waals surface area contributed by atoms with E-state index in [-0.39, 0.29) is 0 Å². The molecule has 0 aromatic heterocycles. The van der Waals surface area contributed by atoms with Gasteiger partial charge in [-0.25, -0.2) is 0 Å². The fraction of sp³-hybridized carbons (Fsp3) is 0.250. The zero-order valence-electron chi connectivity index (χ0n) is 5.84. The molecule has 0 amide bonds. The van der Waals surface area contributed by atoms with Crippen molar-refractivity contribution in [3.8, 4) is 0 Å². The summed E-state index contributed by atoms with van der Waals surface area (Å²) in [5, 5.41) is 0. The molecule has 1 rings (SSSR count). The van der Waals surface area contributed by atoms with Crippen molar-refractivity contribution in [1.29, 1.82) is 0 Å². The normalized spacial score (nSPS) is 13.0. The summed E-state index contributed by atoms with van der Waals surface area (Å²) < 4.78 is 0. The average Bonchev–Trinajstić information content (AvgIpc) is 1.88. The Morgan fingerprint density at radius 2 is 2.20 bits per heavy atom. The first kappa shape index (κ1) is 7.61. The lowest BCUT2D eigenvalue weighted by atomic mass is 10.1. The summed E-state index contributed by atoms with van der Waals surface area (Å²) in [5.74, 6) is 0. The SMILES string of the molecule is C[C@H](Br)c1cccc(N)c1. The number of hydrogen-bond acceptors (Lipinski definition) is 1. The lowest BCUT2D eigenvalue weighted by molar-refractivity contribution is 1.13. The van der Waals surface area contributed by atoms with Crippen LogP contribution in [0.3, 0.4) is 0 Å². The highest BCUT2D eigenvalue weighted by Crippen LogP contribution is 2.22. The van der Waals surface area contributed by atoms with Crippen LogP contribution in [0.2, 0.25) is 0 Å². The molecule has 0 fully saturated rings. The van der Waals surface area contributed by atoms with Crippen molar-refractivity contribution in [3.63, 3.8) is 0 Å². The molecule has 1 atom stereocenters. The Bertz CT molecular complexity index is 220. The van der Waals surface area contributed by atoms with Gasteiger partial charge in [-0.15, -0.1) is 0 Å². The molecule has 0 spiro atoms. The lowest BCUT2D eigenvalue weighted by Gasteiger charge is -2.02. The van der Waals surface area contributed by atoms with E-state index in [9.17, 15) is 0 Å². The molecule has 10 heavy (non-hydrogen) atoms. The van der Waals surface area contributed by atoms with E-state index in [2.05, 4.69) is 28.9 Å². The Balaban J connectivity index is 2.96. The van der Waals surface area contributed by atoms with Crippen molar-refractivity contribution >= 4 is 21.6 Å². The fourth-order valence-corrected chi connectivity index (χ4v) is 1.09. The third-order valence-corrected chi connectivity index (χ3v) is 1.90. The molecule has 0 saturated heterocycles. The Kier molecular flexibility index (Phi) is 2.33. The van der Waals surface area contributed by atoms with Gasteiger partial charge >= 0.3 is 0 Å². The van der Waals surface area contributed by atoms with Gasteiger partial charge in [0.1, 0.15) is 0 Å². The van der Waals surface area contributed by atoms with Crippen LogP contribution in [0.5, 0.6) is 0 Å². The number of benzene rings is 1. The Labute approximate surface area is 69.4 Å². The number of rotatable bonds is 1. The van der Waals surface area contributed by atoms with Gasteiger partial charge in [-0.2, -0.15) is 0 Å². The number of hydrogen-bond donors (Lipinski definition) is 1. The second-order valence-corrected chi connectivity index (χ2v) is 3.66. The van der Waals surface area contributed by atoms with Crippen LogP contribution in [0.15, 0.2) is 24.3 Å². The summed E-state index contributed by atoms with van der Waals surface area (Å²) >= 11 is 3.46. The second-order valence-electron chi connectivity index (χ2n) is 2.29. The minimum Gasteiger partial charge on any atom is -0.399 e. The highest BCUT2D eigenvalue weighted by Gasteiger charge is 1.98. The van der Waals surface area contributed by atoms with E-state index in [1.807, 2.05) is 18.2 Å². The summed E-state index contributed by atoms with van der Waals surface area (Å²) in [6.45, 7) is 2.08. The molecule has 0 radical (unpaired) electrons. The molecule has 2 N–H and O–H groups in total. The van der Waals surface area contributed by atoms with Gasteiger partial charge in [-0.1, -0.05) is 28.1 Å². The average molecular weight is 200 g/mol. The summed E-state index contributed by atoms with van der Waals surface area (Å²) in [7, 11) is 0. The minimum atomic E-state index is 0.385. The third kappa shape index (κ3) is 1.74. The van der Waals surface area contributed by atoms with E-state index in [1.165, 1.54) is 5.56 Å². The largest absolute Gasteiger partial charge is 0.399 e. The van der Waals surface area contributed by atoms with Crippen LogP contribution >= 0.6 is 15.9 Å². The van der Waals surface area contributed by atoms with Crippen LogP contribution < -0.4 is 5.73 Å². The van der Waals surface area contributed by atoms with Crippen LogP contribution in [-0.2, 0) is 0 Å². The molecular formula is C8H10BrN. The predicted octanol–water partition coefficient (Wildman–Crippen LogP) is 2.72. The quantitative estimate of drug-likeness (QED) is 0.547. The van der Waals surface area contributed by atoms with Gasteiger partial charge in [-0.05, 0) is 24.6 Å². The molecule has 1 aromatic rings. The van der Waals surface area contributed by atoms with Gasteiger partial charge in [0, 0.05) is 10.5 Å². The highest BCUT2D eigenvalue weighted by atomic mass is 79.9. The lowest BCUT2D eigenvalue weighted by Crippen LogP contribution is -1.87. The van der Waals surface area contributed by atoms with Gasteiger partial charge in [0.05, 0.1) is 0 Å². The van der Waals surface area contributed by atoms with E-state index in [0.29, 0.717) is 4.83 Å². The van der Waals surface area contributed by atoms with Crippen LogP contribution in [0.1, 0.15) is 17.3 Å². The molecular weight excluding hydrogens is 190 g/mol. The van der Waals surface area contributed by atoms with E-state index >= 15 is 0 Å². The molecule has 2 heteroatoms. The van der Waals surface area contributed by atoms with Crippen molar-refractivity contribution in [2.24, 2.45) is 0 Å². The van der Waals surface area contributed by atoms with Gasteiger partial charge in [-0.3, -0.25) is 0 Å². The molecule has 0 aliphatic rings. The maximum Gasteiger partial charge on any atom is 0.0367 e. The molecule has 54 valence electrons. The second kappa shape index (κ2) is 3.06. The Hall–Kier alpha value is -0.500. The first-order valence-corrected chi connectivity index (χ1v) is 4.11. The summed E-state index contributed by atoms with van der Waals surface area (Å²) in [6.07, 6.45) is 0. The molecule has 0 heterocycles. The standard InChI is InChI=1S/C8H10BrN/c1-6(9)7-3-2-4-8(10)5-7/h2-6H,10H2,1H3/t6-/m0/s1. The van der Waals surface area contributed by atoms with Crippen molar-refractivity contribution in [2.75, 3.05) is 5.73 Å². The zero-order chi connectivity index (χ0) is 7.56. The van der Waals surface area contributed by atoms with Crippen LogP contribution in [0.25, 0.3) is 0 Å². The van der Waals surface area contributed by atoms with Crippen LogP contribution in [0.4, 0.5) is 5.69 Å². The van der Waals surface area contributed by atoms with Crippen LogP contribution in [0, 0.1) is 0 Å². The summed E-state index contributed by atoms with van der Waals surface area (Å²) in [4.78, 5) is 0.385. The number of halogens is 1. The fourth-order valence-electron chi connectivity index (χ4n) is 0.806. The van der Waals surface area contributed by atoms with Gasteiger partial charge in [0.2, 0.25) is 0 Å². The van der Waals surface area contributed by atoms with Crippen molar-refractivity contribution in [3.05, 3.63) is 29.8 Å². The molecule has 0 unspecified atom stereocenters. The van der Waals surface area contributed by atoms with Crippen molar-refractivity contribution < 1.29 is 0 Å². The van der Waals surface area contributed by atoms with Gasteiger partial charge in [0.15, 0.2) is 0 Å². The molecule has 1 nitrogen and oxygen atoms in total. The van der Waals surface area contributed by atoms with E-state index in [0.717, 1.165) is 5.69 Å². The van der Waals surface area contributed by atoms with Crippen LogP contribution in [-0.4, -0.2) is 0 Å². The predicted molar refractivity (Wildman–Crippen MR) is 48.2 cm³/mol. The monoisotopic (exact) mass is 199 g/mol. The Morgan fingerprint density at radius 3 is 2.60 bits per heavy atom. The topological polar surface area (TPSA) is 26.0 Å².